The van der Waals surface area contributed by atoms with Gasteiger partial charge in [-0.1, -0.05) is 13.3 Å². The molecule has 5 rings (SSSR count). The monoisotopic (exact) mass is 523 g/mol. The van der Waals surface area contributed by atoms with Crippen LogP contribution in [0.4, 0.5) is 14.6 Å². The SMILES string of the molecule is CCCn1cc(-c2cnc(N)c(-c3nnnn3-c3ccc(OCCCN4CCCCC4)c(F)c3F)c2)cn1. The predicted molar refractivity (Wildman–Crippen MR) is 139 cm³/mol. The van der Waals surface area contributed by atoms with Crippen molar-refractivity contribution < 1.29 is 13.5 Å². The highest BCUT2D eigenvalue weighted by atomic mass is 19.2. The molecule has 12 heteroatoms. The number of rotatable bonds is 10. The van der Waals surface area contributed by atoms with E-state index >= 15 is 4.39 Å². The molecule has 0 amide bonds. The molecule has 0 atom stereocenters. The highest BCUT2D eigenvalue weighted by molar-refractivity contribution is 5.76. The number of aromatic nitrogens is 7. The van der Waals surface area contributed by atoms with E-state index in [1.165, 1.54) is 31.4 Å². The van der Waals surface area contributed by atoms with E-state index in [1.807, 2.05) is 10.9 Å². The fourth-order valence-corrected chi connectivity index (χ4v) is 4.64. The first-order chi connectivity index (χ1) is 18.5. The van der Waals surface area contributed by atoms with Crippen LogP contribution in [0.25, 0.3) is 28.2 Å². The summed E-state index contributed by atoms with van der Waals surface area (Å²) in [5.74, 6) is -2.07. The second-order valence-corrected chi connectivity index (χ2v) is 9.38. The van der Waals surface area contributed by atoms with Gasteiger partial charge in [-0.05, 0) is 67.4 Å². The predicted octanol–water partition coefficient (Wildman–Crippen LogP) is 4.11. The maximum atomic E-state index is 15.2. The van der Waals surface area contributed by atoms with Crippen LogP contribution in [0.5, 0.6) is 5.75 Å². The molecule has 3 aromatic heterocycles. The highest BCUT2D eigenvalue weighted by Gasteiger charge is 2.22. The van der Waals surface area contributed by atoms with Crippen molar-refractivity contribution in [3.05, 3.63) is 48.4 Å². The quantitative estimate of drug-likeness (QED) is 0.309. The summed E-state index contributed by atoms with van der Waals surface area (Å²) in [6.45, 7) is 6.20. The Hall–Kier alpha value is -3.93. The smallest absolute Gasteiger partial charge is 0.202 e. The number of anilines is 1. The van der Waals surface area contributed by atoms with Crippen LogP contribution in [0.1, 0.15) is 39.0 Å². The first-order valence-corrected chi connectivity index (χ1v) is 13.0. The molecule has 200 valence electrons. The van der Waals surface area contributed by atoms with E-state index in [0.717, 1.165) is 54.8 Å². The molecule has 0 unspecified atom stereocenters. The van der Waals surface area contributed by atoms with E-state index in [4.69, 9.17) is 10.5 Å². The van der Waals surface area contributed by atoms with Gasteiger partial charge in [-0.3, -0.25) is 4.68 Å². The lowest BCUT2D eigenvalue weighted by Crippen LogP contribution is -2.31. The molecule has 38 heavy (non-hydrogen) atoms. The molecule has 2 N–H and O–H groups in total. The molecular weight excluding hydrogens is 492 g/mol. The van der Waals surface area contributed by atoms with Crippen molar-refractivity contribution in [1.82, 2.24) is 39.9 Å². The summed E-state index contributed by atoms with van der Waals surface area (Å²) in [5.41, 5.74) is 7.94. The third-order valence-corrected chi connectivity index (χ3v) is 6.63. The molecule has 0 radical (unpaired) electrons. The van der Waals surface area contributed by atoms with Crippen LogP contribution in [0.2, 0.25) is 0 Å². The van der Waals surface area contributed by atoms with Crippen molar-refractivity contribution in [2.24, 2.45) is 0 Å². The summed E-state index contributed by atoms with van der Waals surface area (Å²) < 4.78 is 38.7. The van der Waals surface area contributed by atoms with Gasteiger partial charge in [0.2, 0.25) is 5.82 Å². The van der Waals surface area contributed by atoms with Gasteiger partial charge in [0.05, 0.1) is 18.4 Å². The Morgan fingerprint density at radius 1 is 1.03 bits per heavy atom. The molecule has 0 aliphatic carbocycles. The lowest BCUT2D eigenvalue weighted by Gasteiger charge is -2.26. The van der Waals surface area contributed by atoms with Crippen LogP contribution >= 0.6 is 0 Å². The molecule has 1 saturated heterocycles. The molecule has 1 aliphatic rings. The van der Waals surface area contributed by atoms with E-state index in [2.05, 4.69) is 37.4 Å². The van der Waals surface area contributed by atoms with Crippen LogP contribution in [0, 0.1) is 11.6 Å². The van der Waals surface area contributed by atoms with Gasteiger partial charge in [0.15, 0.2) is 17.4 Å². The summed E-state index contributed by atoms with van der Waals surface area (Å²) in [6.07, 6.45) is 10.6. The van der Waals surface area contributed by atoms with Gasteiger partial charge in [0.1, 0.15) is 11.5 Å². The summed E-state index contributed by atoms with van der Waals surface area (Å²) in [6, 6.07) is 4.53. The van der Waals surface area contributed by atoms with E-state index in [9.17, 15) is 4.39 Å². The lowest BCUT2D eigenvalue weighted by molar-refractivity contribution is 0.202. The number of hydrogen-bond donors (Lipinski definition) is 1. The molecule has 4 heterocycles. The Balaban J connectivity index is 1.35. The molecule has 1 aliphatic heterocycles. The lowest BCUT2D eigenvalue weighted by atomic mass is 10.1. The Morgan fingerprint density at radius 2 is 1.87 bits per heavy atom. The van der Waals surface area contributed by atoms with Gasteiger partial charge in [-0.25, -0.2) is 9.37 Å². The maximum Gasteiger partial charge on any atom is 0.202 e. The summed E-state index contributed by atoms with van der Waals surface area (Å²) >= 11 is 0. The number of tetrazole rings is 1. The number of nitrogens with zero attached hydrogens (tertiary/aromatic N) is 8. The standard InChI is InChI=1S/C26H31F2N9O/c1-2-9-36-17-19(16-31-36)18-14-20(25(29)30-15-18)26-32-33-34-37(26)21-7-8-22(24(28)23(21)27)38-13-6-12-35-10-4-3-5-11-35/h7-8,14-17H,2-6,9-13H2,1H3,(H2,29,30). The Morgan fingerprint density at radius 3 is 2.68 bits per heavy atom. The van der Waals surface area contributed by atoms with Crippen LogP contribution in [-0.4, -0.2) is 66.1 Å². The highest BCUT2D eigenvalue weighted by Crippen LogP contribution is 2.31. The van der Waals surface area contributed by atoms with E-state index < -0.39 is 11.6 Å². The summed E-state index contributed by atoms with van der Waals surface area (Å²) in [7, 11) is 0. The average molecular weight is 524 g/mol. The Bertz CT molecular complexity index is 1380. The van der Waals surface area contributed by atoms with Gasteiger partial charge in [-0.15, -0.1) is 5.10 Å². The minimum atomic E-state index is -1.12. The van der Waals surface area contributed by atoms with Gasteiger partial charge in [0.25, 0.3) is 0 Å². The van der Waals surface area contributed by atoms with E-state index in [1.54, 1.807) is 18.5 Å². The number of piperidine rings is 1. The van der Waals surface area contributed by atoms with Crippen molar-refractivity contribution in [3.63, 3.8) is 0 Å². The van der Waals surface area contributed by atoms with Gasteiger partial charge >= 0.3 is 0 Å². The molecule has 0 saturated carbocycles. The Labute approximate surface area is 219 Å². The zero-order valence-electron chi connectivity index (χ0n) is 21.4. The van der Waals surface area contributed by atoms with Crippen LogP contribution in [-0.2, 0) is 6.54 Å². The van der Waals surface area contributed by atoms with Crippen molar-refractivity contribution in [1.29, 1.82) is 0 Å². The van der Waals surface area contributed by atoms with Gasteiger partial charge in [0, 0.05) is 36.6 Å². The van der Waals surface area contributed by atoms with Gasteiger partial charge in [-0.2, -0.15) is 14.2 Å². The summed E-state index contributed by atoms with van der Waals surface area (Å²) in [5, 5.41) is 16.0. The second kappa shape index (κ2) is 11.6. The minimum Gasteiger partial charge on any atom is -0.490 e. The summed E-state index contributed by atoms with van der Waals surface area (Å²) in [4.78, 5) is 6.65. The maximum absolute atomic E-state index is 15.2. The van der Waals surface area contributed by atoms with Crippen molar-refractivity contribution >= 4 is 5.82 Å². The average Bonchev–Trinajstić information content (AvgIpc) is 3.60. The molecule has 10 nitrogen and oxygen atoms in total. The first-order valence-electron chi connectivity index (χ1n) is 13.0. The third kappa shape index (κ3) is 5.49. The number of benzene rings is 1. The first kappa shape index (κ1) is 25.7. The molecule has 1 aromatic carbocycles. The third-order valence-electron chi connectivity index (χ3n) is 6.63. The number of nitrogens with two attached hydrogens (primary N) is 1. The van der Waals surface area contributed by atoms with E-state index in [-0.39, 0.29) is 23.1 Å². The fourth-order valence-electron chi connectivity index (χ4n) is 4.64. The van der Waals surface area contributed by atoms with Crippen LogP contribution in [0.15, 0.2) is 36.8 Å². The number of likely N-dealkylation sites (tertiary alicyclic amines) is 1. The van der Waals surface area contributed by atoms with Crippen molar-refractivity contribution in [2.75, 3.05) is 32.0 Å². The molecule has 0 spiro atoms. The zero-order valence-corrected chi connectivity index (χ0v) is 21.4. The van der Waals surface area contributed by atoms with Crippen LogP contribution in [0.3, 0.4) is 0 Å². The zero-order chi connectivity index (χ0) is 26.5. The Kier molecular flexibility index (Phi) is 7.87. The van der Waals surface area contributed by atoms with Crippen molar-refractivity contribution in [2.45, 2.75) is 45.6 Å². The number of nitrogen functional groups attached to an aromatic ring is 1. The molecule has 1 fully saturated rings. The number of hydrogen-bond acceptors (Lipinski definition) is 8. The largest absolute Gasteiger partial charge is 0.490 e. The molecule has 0 bridgehead atoms. The number of halogens is 2. The normalized spacial score (nSPS) is 14.2. The molecular formula is C26H31F2N9O. The van der Waals surface area contributed by atoms with E-state index in [0.29, 0.717) is 12.2 Å². The minimum absolute atomic E-state index is 0.131. The number of ether oxygens (including phenoxy) is 1. The van der Waals surface area contributed by atoms with Gasteiger partial charge < -0.3 is 15.4 Å². The van der Waals surface area contributed by atoms with Crippen LogP contribution < -0.4 is 10.5 Å². The van der Waals surface area contributed by atoms with Crippen molar-refractivity contribution in [3.8, 4) is 34.0 Å². The topological polar surface area (TPSA) is 113 Å². The second-order valence-electron chi connectivity index (χ2n) is 9.38. The number of aryl methyl sites for hydroxylation is 1. The fraction of sp³-hybridized carbons (Fsp3) is 0.423. The number of pyridine rings is 1. The molecule has 4 aromatic rings.